The molecule has 7 heteroatoms. The van der Waals surface area contributed by atoms with Crippen LogP contribution < -0.4 is 0 Å². The van der Waals surface area contributed by atoms with Crippen LogP contribution in [0.4, 0.5) is 0 Å². The Labute approximate surface area is 175 Å². The smallest absolute Gasteiger partial charge is 0.336 e. The molecule has 1 aromatic carbocycles. The number of allylic oxidation sites excluding steroid dienone is 1. The van der Waals surface area contributed by atoms with Crippen molar-refractivity contribution in [3.63, 3.8) is 0 Å². The van der Waals surface area contributed by atoms with Crippen LogP contribution in [-0.2, 0) is 23.9 Å². The fraction of sp³-hybridized carbons (Fsp3) is 0.478. The molecule has 1 saturated carbocycles. The number of fused-ring (bicyclic) bond motifs is 1. The van der Waals surface area contributed by atoms with Crippen molar-refractivity contribution in [2.75, 3.05) is 7.11 Å². The molecule has 1 fully saturated rings. The first-order chi connectivity index (χ1) is 14.1. The molecule has 2 aliphatic rings. The largest absolute Gasteiger partial charge is 0.508 e. The van der Waals surface area contributed by atoms with Gasteiger partial charge in [0.25, 0.3) is 0 Å². The molecule has 4 unspecified atom stereocenters. The van der Waals surface area contributed by atoms with Crippen LogP contribution in [0.15, 0.2) is 40.5 Å². The standard InChI is InChI=1S/C23H27NO6/c1-11(2)30-23(28)18-13(4)24-16-10-12(3)17(22(27)29-5)21(26)20(16)19(18)14-6-8-15(25)9-7-14/h6-9,11-12,17,19-20,25H,10H2,1-5H3. The van der Waals surface area contributed by atoms with E-state index in [2.05, 4.69) is 4.99 Å². The second kappa shape index (κ2) is 8.42. The van der Waals surface area contributed by atoms with Gasteiger partial charge in [-0.15, -0.1) is 0 Å². The number of esters is 2. The van der Waals surface area contributed by atoms with Crippen LogP contribution in [-0.4, -0.2) is 41.8 Å². The molecule has 30 heavy (non-hydrogen) atoms. The summed E-state index contributed by atoms with van der Waals surface area (Å²) in [7, 11) is 1.26. The van der Waals surface area contributed by atoms with Gasteiger partial charge in [0.05, 0.1) is 24.7 Å². The minimum atomic E-state index is -0.917. The van der Waals surface area contributed by atoms with Crippen LogP contribution in [0.1, 0.15) is 45.6 Å². The summed E-state index contributed by atoms with van der Waals surface area (Å²) in [6, 6.07) is 6.37. The Hall–Kier alpha value is -2.96. The normalized spacial score (nSPS) is 26.2. The number of ketones is 1. The highest BCUT2D eigenvalue weighted by molar-refractivity contribution is 6.17. The Morgan fingerprint density at radius 1 is 1.17 bits per heavy atom. The second-order valence-corrected chi connectivity index (χ2v) is 8.19. The minimum absolute atomic E-state index is 0.0755. The molecule has 0 radical (unpaired) electrons. The highest BCUT2D eigenvalue weighted by Crippen LogP contribution is 2.46. The summed E-state index contributed by atoms with van der Waals surface area (Å²) in [4.78, 5) is 43.5. The van der Waals surface area contributed by atoms with Gasteiger partial charge in [-0.3, -0.25) is 14.6 Å². The molecule has 0 saturated heterocycles. The van der Waals surface area contributed by atoms with E-state index >= 15 is 0 Å². The predicted molar refractivity (Wildman–Crippen MR) is 110 cm³/mol. The van der Waals surface area contributed by atoms with Crippen molar-refractivity contribution < 1.29 is 29.0 Å². The van der Waals surface area contributed by atoms with Crippen LogP contribution in [0.25, 0.3) is 0 Å². The molecule has 7 nitrogen and oxygen atoms in total. The maximum atomic E-state index is 13.5. The van der Waals surface area contributed by atoms with Crippen molar-refractivity contribution in [3.05, 3.63) is 41.1 Å². The molecule has 1 aromatic rings. The highest BCUT2D eigenvalue weighted by Gasteiger charge is 2.51. The van der Waals surface area contributed by atoms with E-state index < -0.39 is 29.7 Å². The van der Waals surface area contributed by atoms with E-state index in [1.54, 1.807) is 32.9 Å². The van der Waals surface area contributed by atoms with Crippen molar-refractivity contribution in [2.45, 2.75) is 46.1 Å². The summed E-state index contributed by atoms with van der Waals surface area (Å²) in [5, 5.41) is 9.71. The lowest BCUT2D eigenvalue weighted by Gasteiger charge is -2.40. The number of Topliss-reactive ketones (excluding diaryl/α,β-unsaturated/α-hetero) is 1. The Balaban J connectivity index is 2.16. The lowest BCUT2D eigenvalue weighted by molar-refractivity contribution is -0.152. The van der Waals surface area contributed by atoms with Crippen molar-refractivity contribution >= 4 is 23.4 Å². The average Bonchev–Trinajstić information content (AvgIpc) is 2.66. The van der Waals surface area contributed by atoms with Gasteiger partial charge in [-0.2, -0.15) is 0 Å². The summed E-state index contributed by atoms with van der Waals surface area (Å²) in [6.07, 6.45) is 0.114. The molecule has 0 spiro atoms. The summed E-state index contributed by atoms with van der Waals surface area (Å²) in [5.41, 5.74) is 2.13. The van der Waals surface area contributed by atoms with Gasteiger partial charge in [0.1, 0.15) is 11.7 Å². The van der Waals surface area contributed by atoms with Gasteiger partial charge >= 0.3 is 11.9 Å². The van der Waals surface area contributed by atoms with E-state index in [-0.39, 0.29) is 23.6 Å². The molecule has 1 N–H and O–H groups in total. The molecule has 160 valence electrons. The number of aliphatic imine (C=N–C) groups is 1. The molecule has 0 amide bonds. The second-order valence-electron chi connectivity index (χ2n) is 8.19. The number of phenols is 1. The summed E-state index contributed by atoms with van der Waals surface area (Å²) in [5.74, 6) is -3.94. The first kappa shape index (κ1) is 21.7. The molecule has 1 heterocycles. The zero-order valence-electron chi connectivity index (χ0n) is 17.8. The number of nitrogens with zero attached hydrogens (tertiary/aromatic N) is 1. The van der Waals surface area contributed by atoms with Crippen molar-refractivity contribution in [1.29, 1.82) is 0 Å². The number of rotatable bonds is 4. The average molecular weight is 413 g/mol. The summed E-state index contributed by atoms with van der Waals surface area (Å²) in [6.45, 7) is 7.06. The Kier molecular flexibility index (Phi) is 6.10. The van der Waals surface area contributed by atoms with Gasteiger partial charge in [-0.25, -0.2) is 4.79 Å². The first-order valence-electron chi connectivity index (χ1n) is 10.0. The molecule has 0 bridgehead atoms. The number of carbonyl (C=O) groups is 3. The van der Waals surface area contributed by atoms with Crippen LogP contribution in [0.2, 0.25) is 0 Å². The van der Waals surface area contributed by atoms with Crippen LogP contribution >= 0.6 is 0 Å². The van der Waals surface area contributed by atoms with Gasteiger partial charge in [0.15, 0.2) is 5.78 Å². The molecular weight excluding hydrogens is 386 g/mol. The quantitative estimate of drug-likeness (QED) is 0.601. The third-order valence-electron chi connectivity index (χ3n) is 5.69. The van der Waals surface area contributed by atoms with E-state index in [0.717, 1.165) is 0 Å². The lowest BCUT2D eigenvalue weighted by atomic mass is 9.64. The number of aromatic hydroxyl groups is 1. The van der Waals surface area contributed by atoms with E-state index in [1.165, 1.54) is 19.2 Å². The maximum absolute atomic E-state index is 13.5. The first-order valence-corrected chi connectivity index (χ1v) is 10.0. The predicted octanol–water partition coefficient (Wildman–Crippen LogP) is 3.17. The summed E-state index contributed by atoms with van der Waals surface area (Å²) >= 11 is 0. The van der Waals surface area contributed by atoms with Gasteiger partial charge in [-0.1, -0.05) is 19.1 Å². The van der Waals surface area contributed by atoms with Crippen molar-refractivity contribution in [3.8, 4) is 5.75 Å². The van der Waals surface area contributed by atoms with Crippen LogP contribution in [0.3, 0.4) is 0 Å². The van der Waals surface area contributed by atoms with E-state index in [9.17, 15) is 19.5 Å². The highest BCUT2D eigenvalue weighted by atomic mass is 16.5. The zero-order valence-corrected chi connectivity index (χ0v) is 17.8. The number of hydrogen-bond acceptors (Lipinski definition) is 7. The number of phenolic OH excluding ortho intramolecular Hbond substituents is 1. The Morgan fingerprint density at radius 3 is 2.37 bits per heavy atom. The number of ether oxygens (including phenoxy) is 2. The molecular formula is C23H27NO6. The number of carbonyl (C=O) groups excluding carboxylic acids is 3. The van der Waals surface area contributed by atoms with Crippen molar-refractivity contribution in [2.24, 2.45) is 22.7 Å². The molecule has 1 aliphatic carbocycles. The molecule has 1 aliphatic heterocycles. The minimum Gasteiger partial charge on any atom is -0.508 e. The van der Waals surface area contributed by atoms with E-state index in [1.807, 2.05) is 6.92 Å². The SMILES string of the molecule is COC(=O)C1C(=O)C2C(=NC(C)=C(C(=O)OC(C)C)C2c2ccc(O)cc2)CC1C. The van der Waals surface area contributed by atoms with Gasteiger partial charge < -0.3 is 14.6 Å². The fourth-order valence-corrected chi connectivity index (χ4v) is 4.42. The number of hydrogen-bond donors (Lipinski definition) is 1. The third-order valence-corrected chi connectivity index (χ3v) is 5.69. The number of benzene rings is 1. The Bertz CT molecular complexity index is 928. The van der Waals surface area contributed by atoms with Crippen LogP contribution in [0, 0.1) is 17.8 Å². The van der Waals surface area contributed by atoms with E-state index in [0.29, 0.717) is 29.0 Å². The van der Waals surface area contributed by atoms with E-state index in [4.69, 9.17) is 9.47 Å². The Morgan fingerprint density at radius 2 is 1.80 bits per heavy atom. The maximum Gasteiger partial charge on any atom is 0.336 e. The zero-order chi connectivity index (χ0) is 22.2. The number of methoxy groups -OCH3 is 1. The molecule has 4 atom stereocenters. The molecule has 3 rings (SSSR count). The van der Waals surface area contributed by atoms with Crippen LogP contribution in [0.5, 0.6) is 5.75 Å². The molecule has 0 aromatic heterocycles. The van der Waals surface area contributed by atoms with Crippen molar-refractivity contribution in [1.82, 2.24) is 0 Å². The van der Waals surface area contributed by atoms with Gasteiger partial charge in [-0.05, 0) is 50.8 Å². The monoisotopic (exact) mass is 413 g/mol. The topological polar surface area (TPSA) is 102 Å². The summed E-state index contributed by atoms with van der Waals surface area (Å²) < 4.78 is 10.3. The van der Waals surface area contributed by atoms with Gasteiger partial charge in [0, 0.05) is 17.3 Å². The van der Waals surface area contributed by atoms with Gasteiger partial charge in [0.2, 0.25) is 0 Å². The lowest BCUT2D eigenvalue weighted by Crippen LogP contribution is -2.48. The fourth-order valence-electron chi connectivity index (χ4n) is 4.42. The third kappa shape index (κ3) is 3.88.